The lowest BCUT2D eigenvalue weighted by molar-refractivity contribution is 0.582. The molecule has 7 heteroatoms. The summed E-state index contributed by atoms with van der Waals surface area (Å²) < 4.78 is 7.43. The molecule has 120 valence electrons. The van der Waals surface area contributed by atoms with E-state index in [2.05, 4.69) is 25.8 Å². The lowest BCUT2D eigenvalue weighted by Crippen LogP contribution is -2.05. The number of hydrogen-bond donors (Lipinski definition) is 0. The van der Waals surface area contributed by atoms with Crippen LogP contribution in [0.1, 0.15) is 36.6 Å². The highest BCUT2D eigenvalue weighted by molar-refractivity contribution is 7.13. The second-order valence-corrected chi connectivity index (χ2v) is 6.48. The Kier molecular flexibility index (Phi) is 3.97. The van der Waals surface area contributed by atoms with Crippen LogP contribution in [0.25, 0.3) is 22.4 Å². The third kappa shape index (κ3) is 2.76. The van der Waals surface area contributed by atoms with Crippen molar-refractivity contribution in [3.8, 4) is 16.8 Å². The smallest absolute Gasteiger partial charge is 0.174 e. The molecule has 0 spiro atoms. The molecule has 0 saturated carbocycles. The fourth-order valence-electron chi connectivity index (χ4n) is 2.84. The summed E-state index contributed by atoms with van der Waals surface area (Å²) in [6.07, 6.45) is 7.72. The van der Waals surface area contributed by atoms with Gasteiger partial charge in [-0.3, -0.25) is 0 Å². The van der Waals surface area contributed by atoms with Crippen molar-refractivity contribution in [2.75, 3.05) is 0 Å². The second-order valence-electron chi connectivity index (χ2n) is 5.63. The monoisotopic (exact) mass is 337 g/mol. The molecule has 4 heterocycles. The molecule has 0 unspecified atom stereocenters. The van der Waals surface area contributed by atoms with E-state index in [1.54, 1.807) is 12.3 Å². The first-order valence-electron chi connectivity index (χ1n) is 7.89. The molecular formula is C17H15N5OS. The normalized spacial score (nSPS) is 14.9. The highest BCUT2D eigenvalue weighted by Gasteiger charge is 2.18. The molecule has 0 atom stereocenters. The Morgan fingerprint density at radius 1 is 1.33 bits per heavy atom. The van der Waals surface area contributed by atoms with Crippen LogP contribution < -0.4 is 0 Å². The van der Waals surface area contributed by atoms with Gasteiger partial charge < -0.3 is 8.98 Å². The number of hydrogen-bond acceptors (Lipinski definition) is 6. The molecule has 24 heavy (non-hydrogen) atoms. The zero-order valence-electron chi connectivity index (χ0n) is 13.0. The van der Waals surface area contributed by atoms with Crippen molar-refractivity contribution >= 4 is 23.0 Å². The zero-order chi connectivity index (χ0) is 16.4. The molecule has 0 aromatic carbocycles. The molecule has 0 saturated heterocycles. The molecule has 3 aromatic heterocycles. The average Bonchev–Trinajstić information content (AvgIpc) is 3.31. The Morgan fingerprint density at radius 3 is 3.12 bits per heavy atom. The molecular weight excluding hydrogens is 322 g/mol. The van der Waals surface area contributed by atoms with Crippen LogP contribution in [0.3, 0.4) is 0 Å². The number of aromatic nitrogens is 4. The van der Waals surface area contributed by atoms with E-state index in [1.165, 1.54) is 17.8 Å². The van der Waals surface area contributed by atoms with Gasteiger partial charge in [-0.05, 0) is 31.1 Å². The average molecular weight is 337 g/mol. The summed E-state index contributed by atoms with van der Waals surface area (Å²) in [6, 6.07) is 5.95. The highest BCUT2D eigenvalue weighted by Crippen LogP contribution is 2.26. The second kappa shape index (κ2) is 6.42. The van der Waals surface area contributed by atoms with Gasteiger partial charge in [-0.25, -0.2) is 4.98 Å². The number of nitriles is 1. The van der Waals surface area contributed by atoms with Crippen LogP contribution in [0.5, 0.6) is 0 Å². The summed E-state index contributed by atoms with van der Waals surface area (Å²) in [7, 11) is 0. The van der Waals surface area contributed by atoms with Crippen molar-refractivity contribution in [3.05, 3.63) is 41.1 Å². The molecule has 1 aliphatic heterocycles. The predicted molar refractivity (Wildman–Crippen MR) is 90.9 cm³/mol. The molecule has 3 aromatic rings. The molecule has 0 fully saturated rings. The molecule has 0 aliphatic carbocycles. The molecule has 0 bridgehead atoms. The summed E-state index contributed by atoms with van der Waals surface area (Å²) in [4.78, 5) is 4.52. The minimum Gasteiger partial charge on any atom is -0.462 e. The van der Waals surface area contributed by atoms with E-state index in [0.717, 1.165) is 48.1 Å². The van der Waals surface area contributed by atoms with E-state index in [-0.39, 0.29) is 0 Å². The molecule has 1 aliphatic rings. The SMILES string of the molecule is N#CC(=Cc1csc(-c2ccco2)n1)c1nnc2n1CCCCC2. The van der Waals surface area contributed by atoms with Gasteiger partial charge in [0.05, 0.1) is 17.5 Å². The van der Waals surface area contributed by atoms with Gasteiger partial charge in [0.2, 0.25) is 0 Å². The quantitative estimate of drug-likeness (QED) is 0.679. The Morgan fingerprint density at radius 2 is 2.29 bits per heavy atom. The summed E-state index contributed by atoms with van der Waals surface area (Å²) in [5, 5.41) is 20.8. The molecule has 4 rings (SSSR count). The standard InChI is InChI=1S/C17H15N5OS/c18-10-12(16-21-20-15-6-2-1-3-7-22(15)16)9-13-11-24-17(19-13)14-5-4-8-23-14/h4-5,8-9,11H,1-3,6-7H2. The fraction of sp³-hybridized carbons (Fsp3) is 0.294. The Hall–Kier alpha value is -2.72. The van der Waals surface area contributed by atoms with Gasteiger partial charge in [-0.2, -0.15) is 5.26 Å². The van der Waals surface area contributed by atoms with Crippen molar-refractivity contribution in [2.45, 2.75) is 32.2 Å². The van der Waals surface area contributed by atoms with Crippen molar-refractivity contribution in [2.24, 2.45) is 0 Å². The van der Waals surface area contributed by atoms with E-state index in [4.69, 9.17) is 4.42 Å². The summed E-state index contributed by atoms with van der Waals surface area (Å²) in [5.74, 6) is 2.34. The molecule has 0 amide bonds. The van der Waals surface area contributed by atoms with Crippen LogP contribution in [0, 0.1) is 11.3 Å². The third-order valence-corrected chi connectivity index (χ3v) is 4.89. The van der Waals surface area contributed by atoms with Gasteiger partial charge in [0, 0.05) is 18.3 Å². The lowest BCUT2D eigenvalue weighted by atomic mass is 10.2. The van der Waals surface area contributed by atoms with Crippen molar-refractivity contribution < 1.29 is 4.42 Å². The Labute approximate surface area is 143 Å². The van der Waals surface area contributed by atoms with Crippen LogP contribution in [-0.2, 0) is 13.0 Å². The zero-order valence-corrected chi connectivity index (χ0v) is 13.8. The lowest BCUT2D eigenvalue weighted by Gasteiger charge is -2.05. The number of thiazole rings is 1. The van der Waals surface area contributed by atoms with Crippen LogP contribution in [0.4, 0.5) is 0 Å². The van der Waals surface area contributed by atoms with E-state index in [1.807, 2.05) is 17.5 Å². The predicted octanol–water partition coefficient (Wildman–Crippen LogP) is 3.79. The first-order chi connectivity index (χ1) is 11.8. The molecule has 0 N–H and O–H groups in total. The number of aryl methyl sites for hydroxylation is 1. The maximum Gasteiger partial charge on any atom is 0.174 e. The highest BCUT2D eigenvalue weighted by atomic mass is 32.1. The van der Waals surface area contributed by atoms with E-state index >= 15 is 0 Å². The topological polar surface area (TPSA) is 80.5 Å². The number of fused-ring (bicyclic) bond motifs is 1. The summed E-state index contributed by atoms with van der Waals surface area (Å²) in [5.41, 5.74) is 1.22. The van der Waals surface area contributed by atoms with Gasteiger partial charge in [0.25, 0.3) is 0 Å². The van der Waals surface area contributed by atoms with Crippen LogP contribution in [0.15, 0.2) is 28.2 Å². The Bertz CT molecular complexity index is 913. The summed E-state index contributed by atoms with van der Waals surface area (Å²) in [6.45, 7) is 0.866. The number of rotatable bonds is 3. The number of allylic oxidation sites excluding steroid dienone is 1. The summed E-state index contributed by atoms with van der Waals surface area (Å²) >= 11 is 1.49. The van der Waals surface area contributed by atoms with Crippen molar-refractivity contribution in [3.63, 3.8) is 0 Å². The maximum atomic E-state index is 9.58. The van der Waals surface area contributed by atoms with Crippen molar-refractivity contribution in [1.29, 1.82) is 5.26 Å². The fourth-order valence-corrected chi connectivity index (χ4v) is 3.59. The number of nitrogens with zero attached hydrogens (tertiary/aromatic N) is 5. The molecule has 6 nitrogen and oxygen atoms in total. The van der Waals surface area contributed by atoms with Crippen LogP contribution in [0.2, 0.25) is 0 Å². The van der Waals surface area contributed by atoms with Gasteiger partial charge in [0.15, 0.2) is 16.6 Å². The van der Waals surface area contributed by atoms with Crippen LogP contribution in [-0.4, -0.2) is 19.7 Å². The minimum absolute atomic E-state index is 0.493. The first-order valence-corrected chi connectivity index (χ1v) is 8.77. The Balaban J connectivity index is 1.68. The number of furan rings is 1. The largest absolute Gasteiger partial charge is 0.462 e. The molecule has 0 radical (unpaired) electrons. The van der Waals surface area contributed by atoms with Gasteiger partial charge in [-0.15, -0.1) is 21.5 Å². The van der Waals surface area contributed by atoms with E-state index in [9.17, 15) is 5.26 Å². The van der Waals surface area contributed by atoms with E-state index < -0.39 is 0 Å². The van der Waals surface area contributed by atoms with E-state index in [0.29, 0.717) is 11.4 Å². The van der Waals surface area contributed by atoms with Gasteiger partial charge in [-0.1, -0.05) is 6.42 Å². The van der Waals surface area contributed by atoms with Crippen LogP contribution >= 0.6 is 11.3 Å². The first kappa shape index (κ1) is 14.8. The van der Waals surface area contributed by atoms with Crippen molar-refractivity contribution in [1.82, 2.24) is 19.7 Å². The maximum absolute atomic E-state index is 9.58. The third-order valence-electron chi connectivity index (χ3n) is 4.02. The van der Waals surface area contributed by atoms with Gasteiger partial charge in [0.1, 0.15) is 11.9 Å². The van der Waals surface area contributed by atoms with Gasteiger partial charge >= 0.3 is 0 Å². The minimum atomic E-state index is 0.493.